The largest absolute Gasteiger partial charge is 0.372 e. The fraction of sp³-hybridized carbons (Fsp3) is 0.217. The van der Waals surface area contributed by atoms with Gasteiger partial charge in [-0.15, -0.1) is 0 Å². The zero-order valence-corrected chi connectivity index (χ0v) is 19.3. The lowest BCUT2D eigenvalue weighted by atomic mass is 10.1. The molecule has 0 atom stereocenters. The van der Waals surface area contributed by atoms with Crippen molar-refractivity contribution >= 4 is 52.2 Å². The normalized spacial score (nSPS) is 13.3. The van der Waals surface area contributed by atoms with Crippen molar-refractivity contribution in [2.75, 3.05) is 49.8 Å². The van der Waals surface area contributed by atoms with Crippen LogP contribution < -0.4 is 20.9 Å². The quantitative estimate of drug-likeness (QED) is 0.530. The summed E-state index contributed by atoms with van der Waals surface area (Å²) in [7, 11) is 5.33. The molecule has 3 aromatic rings. The molecule has 1 aliphatic heterocycles. The van der Waals surface area contributed by atoms with E-state index < -0.39 is 0 Å². The van der Waals surface area contributed by atoms with Crippen LogP contribution >= 0.6 is 11.6 Å². The predicted molar refractivity (Wildman–Crippen MR) is 130 cm³/mol. The van der Waals surface area contributed by atoms with E-state index in [1.165, 1.54) is 6.20 Å². The molecule has 33 heavy (non-hydrogen) atoms. The second-order valence-corrected chi connectivity index (χ2v) is 8.05. The zero-order chi connectivity index (χ0) is 23.5. The number of hydrogen-bond acceptors (Lipinski definition) is 7. The van der Waals surface area contributed by atoms with Crippen LogP contribution in [0, 0.1) is 0 Å². The van der Waals surface area contributed by atoms with Gasteiger partial charge in [-0.25, -0.2) is 4.98 Å². The number of carbonyl (C=O) groups is 2. The van der Waals surface area contributed by atoms with Gasteiger partial charge in [0.1, 0.15) is 5.02 Å². The summed E-state index contributed by atoms with van der Waals surface area (Å²) in [5.41, 5.74) is 3.25. The maximum Gasteiger partial charge on any atom is 0.255 e. The van der Waals surface area contributed by atoms with Crippen molar-refractivity contribution in [3.05, 3.63) is 64.8 Å². The molecule has 0 aliphatic carbocycles. The van der Waals surface area contributed by atoms with E-state index in [9.17, 15) is 9.59 Å². The number of para-hydroxylation sites is 1. The maximum atomic E-state index is 12.6. The van der Waals surface area contributed by atoms with Crippen molar-refractivity contribution in [2.24, 2.45) is 0 Å². The van der Waals surface area contributed by atoms with Crippen LogP contribution in [0.4, 0.5) is 28.8 Å². The number of aromatic nitrogens is 2. The first-order valence-electron chi connectivity index (χ1n) is 10.4. The van der Waals surface area contributed by atoms with Gasteiger partial charge >= 0.3 is 0 Å². The van der Waals surface area contributed by atoms with Gasteiger partial charge in [-0.2, -0.15) is 4.98 Å². The summed E-state index contributed by atoms with van der Waals surface area (Å²) in [4.78, 5) is 37.3. The molecule has 1 aliphatic rings. The lowest BCUT2D eigenvalue weighted by Gasteiger charge is -2.19. The number of likely N-dealkylation sites (N-methyl/N-ethyl adjacent to an activating group) is 2. The fourth-order valence-electron chi connectivity index (χ4n) is 3.53. The van der Waals surface area contributed by atoms with Crippen molar-refractivity contribution in [2.45, 2.75) is 0 Å². The highest BCUT2D eigenvalue weighted by Crippen LogP contribution is 2.30. The Balaban J connectivity index is 1.61. The summed E-state index contributed by atoms with van der Waals surface area (Å²) in [6.07, 6.45) is 1.48. The van der Waals surface area contributed by atoms with Gasteiger partial charge in [0.2, 0.25) is 5.95 Å². The van der Waals surface area contributed by atoms with Crippen molar-refractivity contribution in [3.63, 3.8) is 0 Å². The Labute approximate surface area is 196 Å². The lowest BCUT2D eigenvalue weighted by molar-refractivity contribution is 0.0804. The van der Waals surface area contributed by atoms with Crippen molar-refractivity contribution in [1.82, 2.24) is 20.2 Å². The molecule has 4 rings (SSSR count). The van der Waals surface area contributed by atoms with Gasteiger partial charge in [-0.1, -0.05) is 23.7 Å². The smallest absolute Gasteiger partial charge is 0.255 e. The Morgan fingerprint density at radius 3 is 2.61 bits per heavy atom. The molecule has 1 aromatic heterocycles. The summed E-state index contributed by atoms with van der Waals surface area (Å²) in [5, 5.41) is 9.21. The molecule has 0 spiro atoms. The molecule has 10 heteroatoms. The number of nitrogens with zero attached hydrogens (tertiary/aromatic N) is 4. The molecule has 0 radical (unpaired) electrons. The van der Waals surface area contributed by atoms with E-state index in [0.717, 1.165) is 17.9 Å². The number of nitrogens with one attached hydrogen (secondary N) is 3. The van der Waals surface area contributed by atoms with E-state index in [4.69, 9.17) is 11.6 Å². The average Bonchev–Trinajstić information content (AvgIpc) is 2.93. The van der Waals surface area contributed by atoms with Crippen molar-refractivity contribution in [3.8, 4) is 0 Å². The van der Waals surface area contributed by atoms with Gasteiger partial charge < -0.3 is 25.8 Å². The molecule has 170 valence electrons. The Bertz CT molecular complexity index is 1220. The summed E-state index contributed by atoms with van der Waals surface area (Å²) >= 11 is 6.31. The van der Waals surface area contributed by atoms with Gasteiger partial charge in [0.05, 0.1) is 28.7 Å². The third kappa shape index (κ3) is 4.68. The number of benzene rings is 2. The van der Waals surface area contributed by atoms with Crippen LogP contribution in [0.1, 0.15) is 20.7 Å². The van der Waals surface area contributed by atoms with E-state index in [-0.39, 0.29) is 11.8 Å². The summed E-state index contributed by atoms with van der Waals surface area (Å²) in [6.45, 7) is 1.38. The number of rotatable bonds is 5. The van der Waals surface area contributed by atoms with E-state index in [1.54, 1.807) is 43.3 Å². The Hall–Kier alpha value is -3.85. The number of anilines is 5. The first-order valence-corrected chi connectivity index (χ1v) is 10.7. The van der Waals surface area contributed by atoms with Gasteiger partial charge in [0.25, 0.3) is 11.8 Å². The fourth-order valence-corrected chi connectivity index (χ4v) is 3.67. The number of hydrogen-bond donors (Lipinski definition) is 3. The Kier molecular flexibility index (Phi) is 6.32. The molecule has 2 heterocycles. The minimum Gasteiger partial charge on any atom is -0.372 e. The Morgan fingerprint density at radius 2 is 1.82 bits per heavy atom. The first kappa shape index (κ1) is 22.3. The standard InChI is InChI=1S/C23H24ClN7O2/c1-25-21(32)15-6-4-5-7-18(15)28-20-17(24)13-26-23(29-20)27-14-8-9-16-19(12-14)30(2)10-11-31(3)22(16)33/h4-9,12-13H,10-11H2,1-3H3,(H,25,32)(H2,26,27,28,29). The molecular weight excluding hydrogens is 442 g/mol. The van der Waals surface area contributed by atoms with Crippen LogP contribution in [-0.4, -0.2) is 60.9 Å². The molecule has 0 saturated carbocycles. The third-order valence-electron chi connectivity index (χ3n) is 5.41. The van der Waals surface area contributed by atoms with Crippen LogP contribution in [0.5, 0.6) is 0 Å². The molecule has 0 saturated heterocycles. The van der Waals surface area contributed by atoms with Crippen LogP contribution in [0.15, 0.2) is 48.7 Å². The van der Waals surface area contributed by atoms with Crippen molar-refractivity contribution in [1.29, 1.82) is 0 Å². The monoisotopic (exact) mass is 465 g/mol. The van der Waals surface area contributed by atoms with Crippen molar-refractivity contribution < 1.29 is 9.59 Å². The summed E-state index contributed by atoms with van der Waals surface area (Å²) < 4.78 is 0. The molecule has 0 bridgehead atoms. The van der Waals surface area contributed by atoms with Gasteiger partial charge in [0, 0.05) is 39.9 Å². The van der Waals surface area contributed by atoms with E-state index in [0.29, 0.717) is 40.1 Å². The predicted octanol–water partition coefficient (Wildman–Crippen LogP) is 3.50. The van der Waals surface area contributed by atoms with Crippen LogP contribution in [0.25, 0.3) is 0 Å². The zero-order valence-electron chi connectivity index (χ0n) is 18.5. The van der Waals surface area contributed by atoms with Gasteiger partial charge in [-0.3, -0.25) is 9.59 Å². The van der Waals surface area contributed by atoms with Crippen LogP contribution in [0.3, 0.4) is 0 Å². The van der Waals surface area contributed by atoms with Crippen LogP contribution in [-0.2, 0) is 0 Å². The van der Waals surface area contributed by atoms with Crippen LogP contribution in [0.2, 0.25) is 5.02 Å². The van der Waals surface area contributed by atoms with E-state index >= 15 is 0 Å². The van der Waals surface area contributed by atoms with E-state index in [2.05, 4.69) is 25.9 Å². The minimum atomic E-state index is -0.226. The molecule has 2 amide bonds. The number of amides is 2. The Morgan fingerprint density at radius 1 is 1.06 bits per heavy atom. The summed E-state index contributed by atoms with van der Waals surface area (Å²) in [5.74, 6) is 0.439. The van der Waals surface area contributed by atoms with E-state index in [1.807, 2.05) is 30.1 Å². The molecule has 9 nitrogen and oxygen atoms in total. The lowest BCUT2D eigenvalue weighted by Crippen LogP contribution is -2.29. The second kappa shape index (κ2) is 9.33. The second-order valence-electron chi connectivity index (χ2n) is 7.65. The summed E-state index contributed by atoms with van der Waals surface area (Å²) in [6, 6.07) is 12.6. The minimum absolute atomic E-state index is 0.00934. The molecule has 3 N–H and O–H groups in total. The van der Waals surface area contributed by atoms with Gasteiger partial charge in [0.15, 0.2) is 5.82 Å². The average molecular weight is 466 g/mol. The number of carbonyl (C=O) groups excluding carboxylic acids is 2. The highest BCUT2D eigenvalue weighted by atomic mass is 35.5. The molecule has 0 unspecified atom stereocenters. The highest BCUT2D eigenvalue weighted by molar-refractivity contribution is 6.33. The third-order valence-corrected chi connectivity index (χ3v) is 5.69. The molecule has 0 fully saturated rings. The number of fused-ring (bicyclic) bond motifs is 1. The first-order chi connectivity index (χ1) is 15.9. The molecular formula is C23H24ClN7O2. The highest BCUT2D eigenvalue weighted by Gasteiger charge is 2.23. The maximum absolute atomic E-state index is 12.6. The topological polar surface area (TPSA) is 102 Å². The SMILES string of the molecule is CNC(=O)c1ccccc1Nc1nc(Nc2ccc3c(c2)N(C)CCN(C)C3=O)ncc1Cl. The molecule has 2 aromatic carbocycles. The number of halogens is 1. The van der Waals surface area contributed by atoms with Gasteiger partial charge in [-0.05, 0) is 30.3 Å².